The fourth-order valence-electron chi connectivity index (χ4n) is 2.96. The van der Waals surface area contributed by atoms with Crippen LogP contribution in [0.4, 0.5) is 0 Å². The smallest absolute Gasteiger partial charge is 0.411 e. The van der Waals surface area contributed by atoms with Crippen LogP contribution >= 0.6 is 24.4 Å². The van der Waals surface area contributed by atoms with E-state index in [1.165, 1.54) is 0 Å². The average Bonchev–Trinajstić information content (AvgIpc) is 2.94. The topological polar surface area (TPSA) is 74.8 Å². The molecule has 0 aromatic heterocycles. The monoisotopic (exact) mass is 516 g/mol. The Morgan fingerprint density at radius 3 is 1.22 bits per heavy atom. The van der Waals surface area contributed by atoms with Crippen LogP contribution in [0.5, 0.6) is 0 Å². The number of rotatable bonds is 2. The molecular weight excluding hydrogens is 493 g/mol. The van der Waals surface area contributed by atoms with E-state index >= 15 is 0 Å². The molecule has 0 aliphatic carbocycles. The van der Waals surface area contributed by atoms with Crippen LogP contribution in [0.1, 0.15) is 26.7 Å². The van der Waals surface area contributed by atoms with E-state index in [4.69, 9.17) is 49.7 Å². The number of nitrogens with zero attached hydrogens (tertiary/aromatic N) is 2. The predicted octanol–water partition coefficient (Wildman–Crippen LogP) is 0.274. The molecule has 6 nitrogen and oxygen atoms in total. The maximum Gasteiger partial charge on any atom is 2.00 e. The molecule has 2 rings (SSSR count). The van der Waals surface area contributed by atoms with Crippen molar-refractivity contribution < 1.29 is 16.8 Å². The molecular formula is C14H24CaN2O4S6. The van der Waals surface area contributed by atoms with Crippen molar-refractivity contribution in [3.8, 4) is 0 Å². The summed E-state index contributed by atoms with van der Waals surface area (Å²) >= 11 is 19.4. The minimum atomic E-state index is -2.88. The first-order valence-corrected chi connectivity index (χ1v) is 13.1. The van der Waals surface area contributed by atoms with Crippen LogP contribution in [0.3, 0.4) is 0 Å². The summed E-state index contributed by atoms with van der Waals surface area (Å²) in [5.74, 6) is 0.804. The molecule has 0 amide bonds. The van der Waals surface area contributed by atoms with Gasteiger partial charge in [0.2, 0.25) is 0 Å². The largest absolute Gasteiger partial charge is 2.00 e. The summed E-state index contributed by atoms with van der Waals surface area (Å²) in [6.07, 6.45) is 1.23. The molecule has 0 radical (unpaired) electrons. The third kappa shape index (κ3) is 7.86. The molecule has 2 unspecified atom stereocenters. The molecule has 2 aliphatic heterocycles. The van der Waals surface area contributed by atoms with E-state index in [-0.39, 0.29) is 60.7 Å². The number of hydrogen-bond acceptors (Lipinski definition) is 8. The van der Waals surface area contributed by atoms with Gasteiger partial charge in [0.1, 0.15) is 0 Å². The molecule has 2 aliphatic rings. The van der Waals surface area contributed by atoms with Crippen molar-refractivity contribution in [1.82, 2.24) is 9.80 Å². The van der Waals surface area contributed by atoms with E-state index in [0.29, 0.717) is 21.5 Å². The molecule has 0 saturated carbocycles. The van der Waals surface area contributed by atoms with Crippen molar-refractivity contribution >= 4 is 116 Å². The SMILES string of the molecule is CN(C(=S)[S-])C1(C)CCS(=O)(=O)C1.CN(C(=S)[S-])C1(C)CCS(=O)(=O)C1.[Ca+2]. The third-order valence-corrected chi connectivity index (χ3v) is 10.0. The normalized spacial score (nSPS) is 30.4. The van der Waals surface area contributed by atoms with E-state index in [2.05, 4.69) is 0 Å². The average molecular weight is 517 g/mol. The fraction of sp³-hybridized carbons (Fsp3) is 0.857. The van der Waals surface area contributed by atoms with Crippen LogP contribution < -0.4 is 0 Å². The first-order valence-electron chi connectivity index (χ1n) is 7.84. The van der Waals surface area contributed by atoms with Crippen molar-refractivity contribution in [3.05, 3.63) is 0 Å². The van der Waals surface area contributed by atoms with Crippen LogP contribution in [0, 0.1) is 0 Å². The Morgan fingerprint density at radius 1 is 0.815 bits per heavy atom. The maximum atomic E-state index is 11.3. The Bertz CT molecular complexity index is 721. The summed E-state index contributed by atoms with van der Waals surface area (Å²) in [5.41, 5.74) is -0.782. The van der Waals surface area contributed by atoms with Gasteiger partial charge < -0.3 is 59.5 Å². The van der Waals surface area contributed by atoms with Crippen molar-refractivity contribution in [2.75, 3.05) is 37.1 Å². The van der Waals surface area contributed by atoms with Gasteiger partial charge in [0.05, 0.1) is 34.1 Å². The van der Waals surface area contributed by atoms with E-state index in [9.17, 15) is 16.8 Å². The molecule has 152 valence electrons. The molecule has 2 heterocycles. The summed E-state index contributed by atoms with van der Waals surface area (Å²) in [4.78, 5) is 3.42. The third-order valence-electron chi connectivity index (χ3n) is 5.13. The van der Waals surface area contributed by atoms with Gasteiger partial charge in [-0.2, -0.15) is 0 Å². The zero-order valence-corrected chi connectivity index (χ0v) is 23.0. The molecule has 2 fully saturated rings. The molecule has 13 heteroatoms. The predicted molar refractivity (Wildman–Crippen MR) is 125 cm³/mol. The Hall–Kier alpha value is 1.38. The maximum absolute atomic E-state index is 11.3. The van der Waals surface area contributed by atoms with Crippen molar-refractivity contribution in [2.45, 2.75) is 37.8 Å². The van der Waals surface area contributed by atoms with Crippen LogP contribution in [-0.4, -0.2) is 121 Å². The van der Waals surface area contributed by atoms with Crippen LogP contribution in [0.2, 0.25) is 0 Å². The number of thiocarbonyl (C=S) groups is 2. The van der Waals surface area contributed by atoms with Gasteiger partial charge in [0.25, 0.3) is 0 Å². The summed E-state index contributed by atoms with van der Waals surface area (Å²) in [6.45, 7) is 3.77. The van der Waals surface area contributed by atoms with Gasteiger partial charge in [0, 0.05) is 14.1 Å². The molecule has 0 aromatic carbocycles. The Labute approximate surface area is 214 Å². The van der Waals surface area contributed by atoms with Crippen molar-refractivity contribution in [2.24, 2.45) is 0 Å². The quantitative estimate of drug-likeness (QED) is 0.290. The molecule has 2 saturated heterocycles. The molecule has 0 spiro atoms. The molecule has 0 N–H and O–H groups in total. The zero-order valence-electron chi connectivity index (χ0n) is 15.9. The van der Waals surface area contributed by atoms with Crippen molar-refractivity contribution in [1.29, 1.82) is 0 Å². The fourth-order valence-corrected chi connectivity index (χ4v) is 8.20. The van der Waals surface area contributed by atoms with Gasteiger partial charge in [-0.05, 0) is 26.7 Å². The first kappa shape index (κ1) is 28.4. The summed E-state index contributed by atoms with van der Waals surface area (Å²) in [7, 11) is -2.24. The number of sulfone groups is 2. The molecule has 27 heavy (non-hydrogen) atoms. The van der Waals surface area contributed by atoms with E-state index in [1.807, 2.05) is 13.8 Å². The second-order valence-corrected chi connectivity index (χ2v) is 13.8. The molecule has 2 atom stereocenters. The van der Waals surface area contributed by atoms with Crippen molar-refractivity contribution in [3.63, 3.8) is 0 Å². The summed E-state index contributed by atoms with van der Waals surface area (Å²) in [6, 6.07) is 0. The van der Waals surface area contributed by atoms with Gasteiger partial charge >= 0.3 is 37.7 Å². The number of hydrogen-bond donors (Lipinski definition) is 0. The summed E-state index contributed by atoms with van der Waals surface area (Å²) in [5, 5.41) is 0. The van der Waals surface area contributed by atoms with E-state index in [1.54, 1.807) is 23.9 Å². The standard InChI is InChI=1S/2C7H13NO2S3.Ca/c2*1-7(8(2)6(11)12)3-4-13(9,10)5-7;/h2*3-5H2,1-2H3,(H,11,12);/q;;+2/p-2. The van der Waals surface area contributed by atoms with Gasteiger partial charge in [-0.25, -0.2) is 16.8 Å². The molecule has 0 bridgehead atoms. The van der Waals surface area contributed by atoms with Crippen LogP contribution in [0.15, 0.2) is 0 Å². The molecule has 0 aromatic rings. The first-order chi connectivity index (χ1) is 11.5. The minimum Gasteiger partial charge on any atom is -0.411 e. The van der Waals surface area contributed by atoms with Gasteiger partial charge in [0.15, 0.2) is 19.7 Å². The Morgan fingerprint density at radius 2 is 1.07 bits per heavy atom. The summed E-state index contributed by atoms with van der Waals surface area (Å²) < 4.78 is 45.7. The van der Waals surface area contributed by atoms with E-state index in [0.717, 1.165) is 0 Å². The minimum absolute atomic E-state index is 0. The van der Waals surface area contributed by atoms with Crippen LogP contribution in [-0.2, 0) is 44.9 Å². The van der Waals surface area contributed by atoms with Crippen LogP contribution in [0.25, 0.3) is 0 Å². The Balaban J connectivity index is 0.000000483. The second-order valence-electron chi connectivity index (χ2n) is 7.33. The second kappa shape index (κ2) is 10.1. The van der Waals surface area contributed by atoms with Gasteiger partial charge in [-0.15, -0.1) is 0 Å². The van der Waals surface area contributed by atoms with E-state index < -0.39 is 30.8 Å². The van der Waals surface area contributed by atoms with Gasteiger partial charge in [-0.1, -0.05) is 8.64 Å². The Kier molecular flexibility index (Phi) is 10.6. The zero-order chi connectivity index (χ0) is 20.6. The van der Waals surface area contributed by atoms with Gasteiger partial charge in [-0.3, -0.25) is 0 Å².